The van der Waals surface area contributed by atoms with Gasteiger partial charge in [0.15, 0.2) is 0 Å². The van der Waals surface area contributed by atoms with Crippen LogP contribution in [-0.2, 0) is 10.3 Å². The first-order chi connectivity index (χ1) is 6.90. The van der Waals surface area contributed by atoms with Gasteiger partial charge in [0.05, 0.1) is 6.42 Å². The molecule has 0 radical (unpaired) electrons. The Morgan fingerprint density at radius 2 is 2.07 bits per heavy atom. The zero-order valence-electron chi connectivity index (χ0n) is 7.84. The third-order valence-corrected chi connectivity index (χ3v) is 2.83. The van der Waals surface area contributed by atoms with Gasteiger partial charge in [0.2, 0.25) is 10.3 Å². The third-order valence-electron chi connectivity index (χ3n) is 2.05. The van der Waals surface area contributed by atoms with Crippen molar-refractivity contribution >= 4 is 15.3 Å². The second-order valence-electron chi connectivity index (χ2n) is 3.16. The molecule has 1 heterocycles. The van der Waals surface area contributed by atoms with E-state index < -0.39 is 22.9 Å². The molecule has 1 aliphatic rings. The van der Waals surface area contributed by atoms with Crippen molar-refractivity contribution in [3.05, 3.63) is 0 Å². The molecule has 0 amide bonds. The van der Waals surface area contributed by atoms with E-state index in [4.69, 9.17) is 0 Å². The molecule has 1 aliphatic heterocycles. The number of halogens is 3. The SMILES string of the molecule is O=S(=O)=C1CNCCN1CCC(F)(F)F. The molecule has 0 aromatic heterocycles. The second-order valence-corrected chi connectivity index (χ2v) is 4.10. The lowest BCUT2D eigenvalue weighted by Crippen LogP contribution is -2.49. The second kappa shape index (κ2) is 4.95. The highest BCUT2D eigenvalue weighted by Crippen LogP contribution is 2.19. The standard InChI is InChI=1S/C7H11F3N2O2S/c8-7(9,10)1-3-12-4-2-11-5-6(12)15(13)14/h11H,1-5H2. The van der Waals surface area contributed by atoms with Gasteiger partial charge in [-0.15, -0.1) is 0 Å². The molecule has 0 atom stereocenters. The minimum absolute atomic E-state index is 0.00509. The molecular weight excluding hydrogens is 233 g/mol. The van der Waals surface area contributed by atoms with E-state index in [0.29, 0.717) is 13.1 Å². The summed E-state index contributed by atoms with van der Waals surface area (Å²) in [6.07, 6.45) is -5.24. The maximum absolute atomic E-state index is 11.9. The third kappa shape index (κ3) is 4.18. The van der Waals surface area contributed by atoms with E-state index in [9.17, 15) is 21.6 Å². The summed E-state index contributed by atoms with van der Waals surface area (Å²) in [7, 11) is -2.45. The molecule has 1 saturated heterocycles. The molecule has 0 spiro atoms. The summed E-state index contributed by atoms with van der Waals surface area (Å²) in [6, 6.07) is 0. The molecule has 0 saturated carbocycles. The number of rotatable bonds is 2. The van der Waals surface area contributed by atoms with Gasteiger partial charge in [0.1, 0.15) is 4.99 Å². The van der Waals surface area contributed by atoms with Gasteiger partial charge in [-0.2, -0.15) is 21.6 Å². The van der Waals surface area contributed by atoms with Crippen molar-refractivity contribution in [2.24, 2.45) is 0 Å². The van der Waals surface area contributed by atoms with E-state index in [1.165, 1.54) is 4.90 Å². The Morgan fingerprint density at radius 3 is 2.60 bits per heavy atom. The zero-order chi connectivity index (χ0) is 11.5. The summed E-state index contributed by atoms with van der Waals surface area (Å²) in [6.45, 7) is 0.598. The fraction of sp³-hybridized carbons (Fsp3) is 0.857. The molecule has 4 nitrogen and oxygen atoms in total. The number of hydrogen-bond acceptors (Lipinski definition) is 3. The van der Waals surface area contributed by atoms with E-state index in [1.54, 1.807) is 0 Å². The lowest BCUT2D eigenvalue weighted by Gasteiger charge is -2.27. The summed E-state index contributed by atoms with van der Waals surface area (Å²) in [5.74, 6) is 0. The molecule has 1 rings (SSSR count). The van der Waals surface area contributed by atoms with Gasteiger partial charge in [-0.1, -0.05) is 0 Å². The number of nitrogens with zero attached hydrogens (tertiary/aromatic N) is 1. The first-order valence-electron chi connectivity index (χ1n) is 4.37. The van der Waals surface area contributed by atoms with Gasteiger partial charge in [0, 0.05) is 26.2 Å². The minimum Gasteiger partial charge on any atom is -0.309 e. The van der Waals surface area contributed by atoms with Crippen molar-refractivity contribution in [3.63, 3.8) is 0 Å². The quantitative estimate of drug-likeness (QED) is 0.686. The van der Waals surface area contributed by atoms with E-state index in [2.05, 4.69) is 5.32 Å². The van der Waals surface area contributed by atoms with Crippen LogP contribution in [0.5, 0.6) is 0 Å². The summed E-state index contributed by atoms with van der Waals surface area (Å²) < 4.78 is 57.2. The molecule has 15 heavy (non-hydrogen) atoms. The highest BCUT2D eigenvalue weighted by atomic mass is 32.2. The molecule has 0 aromatic carbocycles. The van der Waals surface area contributed by atoms with E-state index in [-0.39, 0.29) is 18.1 Å². The summed E-state index contributed by atoms with van der Waals surface area (Å²) in [5, 5.41) is 2.79. The molecule has 1 N–H and O–H groups in total. The van der Waals surface area contributed by atoms with Gasteiger partial charge in [-0.05, 0) is 0 Å². The van der Waals surface area contributed by atoms with Crippen molar-refractivity contribution in [2.75, 3.05) is 26.2 Å². The monoisotopic (exact) mass is 244 g/mol. The van der Waals surface area contributed by atoms with Crippen LogP contribution >= 0.6 is 0 Å². The van der Waals surface area contributed by atoms with Gasteiger partial charge >= 0.3 is 6.18 Å². The van der Waals surface area contributed by atoms with Crippen LogP contribution < -0.4 is 5.32 Å². The van der Waals surface area contributed by atoms with Gasteiger partial charge < -0.3 is 5.32 Å². The van der Waals surface area contributed by atoms with Crippen LogP contribution in [0.4, 0.5) is 13.2 Å². The fourth-order valence-electron chi connectivity index (χ4n) is 1.31. The van der Waals surface area contributed by atoms with E-state index in [0.717, 1.165) is 0 Å². The van der Waals surface area contributed by atoms with Crippen LogP contribution in [-0.4, -0.2) is 50.7 Å². The van der Waals surface area contributed by atoms with E-state index >= 15 is 0 Å². The van der Waals surface area contributed by atoms with Gasteiger partial charge in [0.25, 0.3) is 0 Å². The first kappa shape index (κ1) is 12.5. The largest absolute Gasteiger partial charge is 0.390 e. The molecule has 1 fully saturated rings. The molecule has 0 unspecified atom stereocenters. The molecular formula is C7H11F3N2O2S. The molecule has 88 valence electrons. The summed E-state index contributed by atoms with van der Waals surface area (Å²) in [4.78, 5) is 1.26. The average molecular weight is 244 g/mol. The first-order valence-corrected chi connectivity index (χ1v) is 5.45. The predicted octanol–water partition coefficient (Wildman–Crippen LogP) is -0.147. The maximum Gasteiger partial charge on any atom is 0.390 e. The van der Waals surface area contributed by atoms with Gasteiger partial charge in [-0.3, -0.25) is 4.90 Å². The lowest BCUT2D eigenvalue weighted by atomic mass is 10.3. The van der Waals surface area contributed by atoms with Crippen LogP contribution in [0.1, 0.15) is 6.42 Å². The molecule has 8 heteroatoms. The zero-order valence-corrected chi connectivity index (χ0v) is 8.66. The highest BCUT2D eigenvalue weighted by molar-refractivity contribution is 7.72. The van der Waals surface area contributed by atoms with Crippen LogP contribution in [0.25, 0.3) is 0 Å². The summed E-state index contributed by atoms with van der Waals surface area (Å²) in [5.41, 5.74) is 0. The minimum atomic E-state index is -4.25. The van der Waals surface area contributed by atoms with Crippen LogP contribution in [0, 0.1) is 0 Å². The number of nitrogens with one attached hydrogen (secondary N) is 1. The van der Waals surface area contributed by atoms with Crippen LogP contribution in [0.2, 0.25) is 0 Å². The van der Waals surface area contributed by atoms with E-state index in [1.807, 2.05) is 0 Å². The Bertz CT molecular complexity index is 342. The Labute approximate surface area is 86.6 Å². The van der Waals surface area contributed by atoms with Crippen molar-refractivity contribution in [1.29, 1.82) is 0 Å². The molecule has 0 aromatic rings. The smallest absolute Gasteiger partial charge is 0.309 e. The molecule has 0 bridgehead atoms. The predicted molar refractivity (Wildman–Crippen MR) is 49.0 cm³/mol. The van der Waals surface area contributed by atoms with Gasteiger partial charge in [-0.25, -0.2) is 0 Å². The Balaban J connectivity index is 2.63. The average Bonchev–Trinajstić information content (AvgIpc) is 2.14. The summed E-state index contributed by atoms with van der Waals surface area (Å²) >= 11 is 0. The topological polar surface area (TPSA) is 49.4 Å². The Morgan fingerprint density at radius 1 is 1.40 bits per heavy atom. The van der Waals surface area contributed by atoms with Crippen molar-refractivity contribution in [3.8, 4) is 0 Å². The fourth-order valence-corrected chi connectivity index (χ4v) is 1.92. The van der Waals surface area contributed by atoms with Crippen molar-refractivity contribution < 1.29 is 21.6 Å². The Hall–Kier alpha value is -0.600. The van der Waals surface area contributed by atoms with Crippen LogP contribution in [0.15, 0.2) is 0 Å². The van der Waals surface area contributed by atoms with Crippen molar-refractivity contribution in [1.82, 2.24) is 10.2 Å². The number of hydrogen-bond donors (Lipinski definition) is 1. The number of alkyl halides is 3. The van der Waals surface area contributed by atoms with Crippen molar-refractivity contribution in [2.45, 2.75) is 12.6 Å². The lowest BCUT2D eigenvalue weighted by molar-refractivity contribution is -0.136. The normalized spacial score (nSPS) is 19.3. The highest BCUT2D eigenvalue weighted by Gasteiger charge is 2.29. The maximum atomic E-state index is 11.9. The van der Waals surface area contributed by atoms with Crippen LogP contribution in [0.3, 0.4) is 0 Å². The Kier molecular flexibility index (Phi) is 4.12. The molecule has 0 aliphatic carbocycles. The number of piperazine rings is 1.